The summed E-state index contributed by atoms with van der Waals surface area (Å²) in [5, 5.41) is 1.06. The Balaban J connectivity index is 1.56. The lowest BCUT2D eigenvalue weighted by Gasteiger charge is -2.26. The van der Waals surface area contributed by atoms with Gasteiger partial charge >= 0.3 is 0 Å². The second-order valence-electron chi connectivity index (χ2n) is 6.94. The van der Waals surface area contributed by atoms with Crippen LogP contribution in [-0.2, 0) is 11.3 Å². The molecule has 3 aromatic rings. The molecule has 1 fully saturated rings. The SMILES string of the molecule is COc1ccc(C(=O)c2cc3cc(C)n(CCN4CCOCC4)c3s2)cc1F. The van der Waals surface area contributed by atoms with Gasteiger partial charge in [0.1, 0.15) is 4.83 Å². The van der Waals surface area contributed by atoms with Crippen LogP contribution in [0.4, 0.5) is 4.39 Å². The molecule has 5 nitrogen and oxygen atoms in total. The zero-order chi connectivity index (χ0) is 19.7. The summed E-state index contributed by atoms with van der Waals surface area (Å²) in [5.41, 5.74) is 1.52. The summed E-state index contributed by atoms with van der Waals surface area (Å²) in [7, 11) is 1.41. The molecule has 28 heavy (non-hydrogen) atoms. The number of thiophene rings is 1. The maximum atomic E-state index is 14.0. The first-order chi connectivity index (χ1) is 13.6. The highest BCUT2D eigenvalue weighted by molar-refractivity contribution is 7.20. The molecule has 0 saturated carbocycles. The van der Waals surface area contributed by atoms with Gasteiger partial charge in [-0.05, 0) is 37.3 Å². The quantitative estimate of drug-likeness (QED) is 0.590. The van der Waals surface area contributed by atoms with Crippen LogP contribution in [0.1, 0.15) is 20.9 Å². The topological polar surface area (TPSA) is 43.7 Å². The average Bonchev–Trinajstić information content (AvgIpc) is 3.23. The number of aromatic nitrogens is 1. The first-order valence-corrected chi connectivity index (χ1v) is 10.2. The van der Waals surface area contributed by atoms with Crippen molar-refractivity contribution in [3.8, 4) is 5.75 Å². The molecular formula is C21H23FN2O3S. The van der Waals surface area contributed by atoms with E-state index < -0.39 is 5.82 Å². The van der Waals surface area contributed by atoms with E-state index in [9.17, 15) is 9.18 Å². The number of aryl methyl sites for hydroxylation is 1. The lowest BCUT2D eigenvalue weighted by Crippen LogP contribution is -2.38. The fourth-order valence-corrected chi connectivity index (χ4v) is 4.76. The van der Waals surface area contributed by atoms with Crippen molar-refractivity contribution in [2.75, 3.05) is 40.0 Å². The standard InChI is InChI=1S/C21H23FN2O3S/c1-14-11-16-13-19(20(25)15-3-4-18(26-2)17(22)12-15)28-21(16)24(14)6-5-23-7-9-27-10-8-23/h3-4,11-13H,5-10H2,1-2H3. The van der Waals surface area contributed by atoms with E-state index in [1.54, 1.807) is 6.07 Å². The molecule has 0 spiro atoms. The highest BCUT2D eigenvalue weighted by Crippen LogP contribution is 2.31. The number of carbonyl (C=O) groups is 1. The second-order valence-corrected chi connectivity index (χ2v) is 7.97. The Bertz CT molecular complexity index is 1000. The Labute approximate surface area is 167 Å². The highest BCUT2D eigenvalue weighted by Gasteiger charge is 2.18. The number of fused-ring (bicyclic) bond motifs is 1. The molecule has 1 aliphatic heterocycles. The van der Waals surface area contributed by atoms with E-state index in [1.165, 1.54) is 36.3 Å². The van der Waals surface area contributed by atoms with Crippen LogP contribution in [0.15, 0.2) is 30.3 Å². The van der Waals surface area contributed by atoms with Crippen LogP contribution in [0, 0.1) is 12.7 Å². The molecule has 3 heterocycles. The summed E-state index contributed by atoms with van der Waals surface area (Å²) in [6.07, 6.45) is 0. The molecule has 0 amide bonds. The van der Waals surface area contributed by atoms with E-state index in [0.717, 1.165) is 49.6 Å². The number of benzene rings is 1. The molecule has 7 heteroatoms. The van der Waals surface area contributed by atoms with Gasteiger partial charge in [-0.1, -0.05) is 0 Å². The number of hydrogen-bond acceptors (Lipinski definition) is 5. The fraction of sp³-hybridized carbons (Fsp3) is 0.381. The number of ether oxygens (including phenoxy) is 2. The van der Waals surface area contributed by atoms with E-state index in [4.69, 9.17) is 9.47 Å². The van der Waals surface area contributed by atoms with Gasteiger partial charge in [-0.2, -0.15) is 0 Å². The number of rotatable bonds is 6. The summed E-state index contributed by atoms with van der Waals surface area (Å²) >= 11 is 1.47. The van der Waals surface area contributed by atoms with Crippen molar-refractivity contribution in [3.05, 3.63) is 52.3 Å². The summed E-state index contributed by atoms with van der Waals surface area (Å²) in [4.78, 5) is 16.9. The van der Waals surface area contributed by atoms with Crippen molar-refractivity contribution in [1.82, 2.24) is 9.47 Å². The van der Waals surface area contributed by atoms with Gasteiger partial charge in [-0.15, -0.1) is 11.3 Å². The minimum Gasteiger partial charge on any atom is -0.494 e. The molecule has 2 aromatic heterocycles. The molecular weight excluding hydrogens is 379 g/mol. The molecule has 148 valence electrons. The lowest BCUT2D eigenvalue weighted by molar-refractivity contribution is 0.0365. The van der Waals surface area contributed by atoms with E-state index in [1.807, 2.05) is 6.07 Å². The van der Waals surface area contributed by atoms with Gasteiger partial charge in [0.15, 0.2) is 11.6 Å². The lowest BCUT2D eigenvalue weighted by atomic mass is 10.1. The number of methoxy groups -OCH3 is 1. The van der Waals surface area contributed by atoms with Gasteiger partial charge in [-0.3, -0.25) is 9.69 Å². The second kappa shape index (κ2) is 8.03. The van der Waals surface area contributed by atoms with Crippen molar-refractivity contribution in [2.24, 2.45) is 0 Å². The molecule has 0 bridgehead atoms. The molecule has 1 saturated heterocycles. The van der Waals surface area contributed by atoms with Crippen LogP contribution in [-0.4, -0.2) is 55.2 Å². The Kier molecular flexibility index (Phi) is 5.48. The van der Waals surface area contributed by atoms with Crippen LogP contribution in [0.2, 0.25) is 0 Å². The van der Waals surface area contributed by atoms with Gasteiger partial charge in [0.25, 0.3) is 0 Å². The predicted octanol–water partition coefficient (Wildman–Crippen LogP) is 3.72. The fourth-order valence-electron chi connectivity index (χ4n) is 3.58. The predicted molar refractivity (Wildman–Crippen MR) is 108 cm³/mol. The van der Waals surface area contributed by atoms with E-state index in [-0.39, 0.29) is 11.5 Å². The smallest absolute Gasteiger partial charge is 0.203 e. The number of ketones is 1. The van der Waals surface area contributed by atoms with E-state index in [0.29, 0.717) is 10.4 Å². The minimum atomic E-state index is -0.527. The summed E-state index contributed by atoms with van der Waals surface area (Å²) in [6, 6.07) is 8.34. The molecule has 0 radical (unpaired) electrons. The van der Waals surface area contributed by atoms with Crippen molar-refractivity contribution in [2.45, 2.75) is 13.5 Å². The molecule has 0 atom stereocenters. The molecule has 1 aromatic carbocycles. The third kappa shape index (κ3) is 3.70. The summed E-state index contributed by atoms with van der Waals surface area (Å²) in [6.45, 7) is 7.42. The van der Waals surface area contributed by atoms with E-state index >= 15 is 0 Å². The van der Waals surface area contributed by atoms with Gasteiger partial charge in [-0.25, -0.2) is 4.39 Å². The first-order valence-electron chi connectivity index (χ1n) is 9.35. The summed E-state index contributed by atoms with van der Waals surface area (Å²) < 4.78 is 26.6. The first kappa shape index (κ1) is 19.1. The number of hydrogen-bond donors (Lipinski definition) is 0. The third-order valence-electron chi connectivity index (χ3n) is 5.16. The number of halogens is 1. The maximum absolute atomic E-state index is 14.0. The van der Waals surface area contributed by atoms with Gasteiger partial charge in [0.2, 0.25) is 5.78 Å². The zero-order valence-electron chi connectivity index (χ0n) is 16.0. The zero-order valence-corrected chi connectivity index (χ0v) is 16.9. The summed E-state index contributed by atoms with van der Waals surface area (Å²) in [5.74, 6) is -0.557. The Morgan fingerprint density at radius 2 is 2.00 bits per heavy atom. The van der Waals surface area contributed by atoms with Gasteiger partial charge in [0.05, 0.1) is 25.2 Å². The van der Waals surface area contributed by atoms with Crippen LogP contribution in [0.3, 0.4) is 0 Å². The molecule has 0 N–H and O–H groups in total. The highest BCUT2D eigenvalue weighted by atomic mass is 32.1. The maximum Gasteiger partial charge on any atom is 0.203 e. The van der Waals surface area contributed by atoms with Crippen molar-refractivity contribution in [1.29, 1.82) is 0 Å². The van der Waals surface area contributed by atoms with Crippen LogP contribution in [0.5, 0.6) is 5.75 Å². The van der Waals surface area contributed by atoms with Gasteiger partial charge < -0.3 is 14.0 Å². The molecule has 4 rings (SSSR count). The number of carbonyl (C=O) groups excluding carboxylic acids is 1. The Hall–Kier alpha value is -2.22. The minimum absolute atomic E-state index is 0.137. The van der Waals surface area contributed by atoms with E-state index in [2.05, 4.69) is 22.5 Å². The monoisotopic (exact) mass is 402 g/mol. The van der Waals surface area contributed by atoms with Crippen LogP contribution >= 0.6 is 11.3 Å². The number of morpholine rings is 1. The van der Waals surface area contributed by atoms with Crippen LogP contribution in [0.25, 0.3) is 10.2 Å². The molecule has 0 unspecified atom stereocenters. The third-order valence-corrected chi connectivity index (χ3v) is 6.33. The van der Waals surface area contributed by atoms with Crippen molar-refractivity contribution in [3.63, 3.8) is 0 Å². The largest absolute Gasteiger partial charge is 0.494 e. The van der Waals surface area contributed by atoms with Crippen molar-refractivity contribution < 1.29 is 18.7 Å². The average molecular weight is 402 g/mol. The van der Waals surface area contributed by atoms with Gasteiger partial charge in [0, 0.05) is 42.8 Å². The molecule has 0 aliphatic carbocycles. The normalized spacial score (nSPS) is 15.2. The Morgan fingerprint density at radius 3 is 2.71 bits per heavy atom. The van der Waals surface area contributed by atoms with Crippen molar-refractivity contribution >= 4 is 27.3 Å². The van der Waals surface area contributed by atoms with Crippen LogP contribution < -0.4 is 4.74 Å². The molecule has 1 aliphatic rings. The number of nitrogens with zero attached hydrogens (tertiary/aromatic N) is 2. The Morgan fingerprint density at radius 1 is 1.21 bits per heavy atom.